The van der Waals surface area contributed by atoms with E-state index in [0.29, 0.717) is 37.9 Å². The number of nitrogens with zero attached hydrogens (tertiary/aromatic N) is 2. The first-order chi connectivity index (χ1) is 17.1. The van der Waals surface area contributed by atoms with Gasteiger partial charge in [0.25, 0.3) is 5.91 Å². The van der Waals surface area contributed by atoms with Gasteiger partial charge in [-0.1, -0.05) is 42.5 Å². The maximum absolute atomic E-state index is 13.3. The molecule has 6 nitrogen and oxygen atoms in total. The molecule has 5 rings (SSSR count). The minimum absolute atomic E-state index is 0.0275. The lowest BCUT2D eigenvalue weighted by Crippen LogP contribution is -2.44. The smallest absolute Gasteiger partial charge is 0.253 e. The average molecular weight is 471 g/mol. The number of carbonyl (C=O) groups is 2. The van der Waals surface area contributed by atoms with Crippen LogP contribution in [0.1, 0.15) is 40.6 Å². The van der Waals surface area contributed by atoms with Gasteiger partial charge in [-0.15, -0.1) is 0 Å². The van der Waals surface area contributed by atoms with Gasteiger partial charge < -0.3 is 15.2 Å². The molecule has 1 aliphatic heterocycles. The fourth-order valence-electron chi connectivity index (χ4n) is 4.61. The lowest BCUT2D eigenvalue weighted by atomic mass is 9.94. The van der Waals surface area contributed by atoms with Crippen molar-refractivity contribution in [2.75, 3.05) is 13.1 Å². The maximum Gasteiger partial charge on any atom is 0.253 e. The second-order valence-electron chi connectivity index (χ2n) is 8.96. The van der Waals surface area contributed by atoms with E-state index in [4.69, 9.17) is 4.98 Å². The van der Waals surface area contributed by atoms with Crippen LogP contribution in [0.5, 0.6) is 0 Å². The molecule has 1 saturated heterocycles. The average Bonchev–Trinajstić information content (AvgIpc) is 3.33. The molecule has 0 bridgehead atoms. The van der Waals surface area contributed by atoms with Gasteiger partial charge in [0, 0.05) is 24.6 Å². The highest BCUT2D eigenvalue weighted by Crippen LogP contribution is 2.24. The predicted octanol–water partition coefficient (Wildman–Crippen LogP) is 4.65. The molecule has 2 heterocycles. The van der Waals surface area contributed by atoms with Crippen molar-refractivity contribution in [3.8, 4) is 0 Å². The van der Waals surface area contributed by atoms with Crippen LogP contribution in [0.2, 0.25) is 0 Å². The van der Waals surface area contributed by atoms with E-state index in [-0.39, 0.29) is 29.6 Å². The van der Waals surface area contributed by atoms with Crippen molar-refractivity contribution in [3.63, 3.8) is 0 Å². The summed E-state index contributed by atoms with van der Waals surface area (Å²) in [5.74, 6) is 0.0158. The quantitative estimate of drug-likeness (QED) is 0.430. The highest BCUT2D eigenvalue weighted by Gasteiger charge is 2.30. The minimum atomic E-state index is -0.369. The Morgan fingerprint density at radius 3 is 2.37 bits per heavy atom. The van der Waals surface area contributed by atoms with Gasteiger partial charge in [0.15, 0.2) is 0 Å². The van der Waals surface area contributed by atoms with Crippen LogP contribution in [-0.4, -0.2) is 39.8 Å². The number of imidazole rings is 1. The number of fused-ring (bicyclic) bond motifs is 1. The standard InChI is InChI=1S/C28H27FN4O2/c29-22-12-10-21(11-13-22)28(35)33-16-14-20(15-17-33)27(34)32-25(18-19-6-2-1-3-7-19)26-30-23-8-4-5-9-24(23)31-26/h1-13,20,25H,14-18H2,(H,30,31)(H,32,34)/t25-/m0/s1. The molecule has 4 aromatic rings. The van der Waals surface area contributed by atoms with Crippen molar-refractivity contribution in [2.24, 2.45) is 5.92 Å². The molecule has 7 heteroatoms. The first-order valence-corrected chi connectivity index (χ1v) is 11.9. The molecule has 1 atom stereocenters. The molecule has 2 N–H and O–H groups in total. The Morgan fingerprint density at radius 1 is 0.971 bits per heavy atom. The summed E-state index contributed by atoms with van der Waals surface area (Å²) in [6.45, 7) is 0.977. The highest BCUT2D eigenvalue weighted by atomic mass is 19.1. The van der Waals surface area contributed by atoms with Crippen molar-refractivity contribution in [1.29, 1.82) is 0 Å². The molecule has 3 aromatic carbocycles. The molecule has 0 radical (unpaired) electrons. The monoisotopic (exact) mass is 470 g/mol. The van der Waals surface area contributed by atoms with Crippen molar-refractivity contribution in [1.82, 2.24) is 20.2 Å². The molecule has 1 fully saturated rings. The van der Waals surface area contributed by atoms with Gasteiger partial charge in [-0.2, -0.15) is 0 Å². The summed E-state index contributed by atoms with van der Waals surface area (Å²) in [5.41, 5.74) is 3.37. The van der Waals surface area contributed by atoms with Gasteiger partial charge >= 0.3 is 0 Å². The number of halogens is 1. The van der Waals surface area contributed by atoms with Crippen LogP contribution >= 0.6 is 0 Å². The Bertz CT molecular complexity index is 1280. The van der Waals surface area contributed by atoms with Crippen molar-refractivity contribution >= 4 is 22.8 Å². The number of aromatic amines is 1. The number of carbonyl (C=O) groups excluding carboxylic acids is 2. The minimum Gasteiger partial charge on any atom is -0.346 e. The summed E-state index contributed by atoms with van der Waals surface area (Å²) in [6, 6.07) is 23.1. The Labute approximate surface area is 203 Å². The zero-order valence-corrected chi connectivity index (χ0v) is 19.3. The summed E-state index contributed by atoms with van der Waals surface area (Å²) in [6.07, 6.45) is 1.78. The van der Waals surface area contributed by atoms with Crippen LogP contribution in [0.4, 0.5) is 4.39 Å². The van der Waals surface area contributed by atoms with E-state index < -0.39 is 0 Å². The fourth-order valence-corrected chi connectivity index (χ4v) is 4.61. The third-order valence-corrected chi connectivity index (χ3v) is 6.58. The fraction of sp³-hybridized carbons (Fsp3) is 0.250. The molecule has 0 aliphatic carbocycles. The summed E-state index contributed by atoms with van der Waals surface area (Å²) in [5, 5.41) is 3.22. The van der Waals surface area contributed by atoms with E-state index >= 15 is 0 Å². The van der Waals surface area contributed by atoms with Gasteiger partial charge in [0.1, 0.15) is 11.6 Å². The molecular weight excluding hydrogens is 443 g/mol. The van der Waals surface area contributed by atoms with Gasteiger partial charge in [0.2, 0.25) is 5.91 Å². The van der Waals surface area contributed by atoms with Gasteiger partial charge in [-0.3, -0.25) is 9.59 Å². The maximum atomic E-state index is 13.3. The van der Waals surface area contributed by atoms with Gasteiger partial charge in [0.05, 0.1) is 17.1 Å². The normalized spacial score (nSPS) is 15.2. The Kier molecular flexibility index (Phi) is 6.57. The Balaban J connectivity index is 1.26. The molecule has 1 aliphatic rings. The molecule has 2 amide bonds. The van der Waals surface area contributed by atoms with Crippen LogP contribution in [0.3, 0.4) is 0 Å². The second-order valence-corrected chi connectivity index (χ2v) is 8.96. The van der Waals surface area contributed by atoms with Crippen molar-refractivity contribution in [3.05, 3.63) is 102 Å². The zero-order chi connectivity index (χ0) is 24.2. The van der Waals surface area contributed by atoms with Crippen LogP contribution in [0, 0.1) is 11.7 Å². The number of H-pyrrole nitrogens is 1. The van der Waals surface area contributed by atoms with E-state index in [1.54, 1.807) is 4.90 Å². The first kappa shape index (κ1) is 22.8. The van der Waals surface area contributed by atoms with Gasteiger partial charge in [-0.05, 0) is 61.2 Å². The largest absolute Gasteiger partial charge is 0.346 e. The number of benzene rings is 3. The lowest BCUT2D eigenvalue weighted by molar-refractivity contribution is -0.127. The van der Waals surface area contributed by atoms with E-state index in [9.17, 15) is 14.0 Å². The van der Waals surface area contributed by atoms with Crippen LogP contribution < -0.4 is 5.32 Å². The summed E-state index contributed by atoms with van der Waals surface area (Å²) < 4.78 is 13.2. The first-order valence-electron chi connectivity index (χ1n) is 11.9. The number of nitrogens with one attached hydrogen (secondary N) is 2. The van der Waals surface area contributed by atoms with E-state index in [1.807, 2.05) is 54.6 Å². The zero-order valence-electron chi connectivity index (χ0n) is 19.3. The third-order valence-electron chi connectivity index (χ3n) is 6.58. The topological polar surface area (TPSA) is 78.1 Å². The molecule has 0 spiro atoms. The molecule has 35 heavy (non-hydrogen) atoms. The molecule has 178 valence electrons. The van der Waals surface area contributed by atoms with E-state index in [2.05, 4.69) is 10.3 Å². The predicted molar refractivity (Wildman–Crippen MR) is 132 cm³/mol. The van der Waals surface area contributed by atoms with Crippen LogP contribution in [0.25, 0.3) is 11.0 Å². The lowest BCUT2D eigenvalue weighted by Gasteiger charge is -2.32. The number of hydrogen-bond acceptors (Lipinski definition) is 3. The summed E-state index contributed by atoms with van der Waals surface area (Å²) >= 11 is 0. The van der Waals surface area contributed by atoms with Crippen LogP contribution in [-0.2, 0) is 11.2 Å². The third kappa shape index (κ3) is 5.24. The highest BCUT2D eigenvalue weighted by molar-refractivity contribution is 5.94. The Morgan fingerprint density at radius 2 is 1.66 bits per heavy atom. The summed E-state index contributed by atoms with van der Waals surface area (Å²) in [7, 11) is 0. The second kappa shape index (κ2) is 10.1. The van der Waals surface area contributed by atoms with E-state index in [0.717, 1.165) is 22.4 Å². The van der Waals surface area contributed by atoms with E-state index in [1.165, 1.54) is 24.3 Å². The summed E-state index contributed by atoms with van der Waals surface area (Å²) in [4.78, 5) is 35.8. The Hall–Kier alpha value is -4.00. The molecule has 1 aromatic heterocycles. The molecule has 0 unspecified atom stereocenters. The number of para-hydroxylation sites is 2. The SMILES string of the molecule is O=C(N[C@@H](Cc1ccccc1)c1nc2ccccc2[nH]1)C1CCN(C(=O)c2ccc(F)cc2)CC1. The number of amides is 2. The number of rotatable bonds is 6. The number of piperidine rings is 1. The number of hydrogen-bond donors (Lipinski definition) is 2. The number of aromatic nitrogens is 2. The van der Waals surface area contributed by atoms with Crippen molar-refractivity contribution in [2.45, 2.75) is 25.3 Å². The van der Waals surface area contributed by atoms with Crippen molar-refractivity contribution < 1.29 is 14.0 Å². The van der Waals surface area contributed by atoms with Gasteiger partial charge in [-0.25, -0.2) is 9.37 Å². The molecule has 0 saturated carbocycles. The molecular formula is C28H27FN4O2. The van der Waals surface area contributed by atoms with Crippen LogP contribution in [0.15, 0.2) is 78.9 Å². The number of likely N-dealkylation sites (tertiary alicyclic amines) is 1.